The molecule has 0 radical (unpaired) electrons. The van der Waals surface area contributed by atoms with E-state index in [4.69, 9.17) is 23.7 Å². The number of carbonyl (C=O) groups excluding carboxylic acids is 1. The molecule has 0 aliphatic rings. The maximum atomic E-state index is 12.2. The molecule has 178 valence electrons. The minimum atomic E-state index is -0.522. The summed E-state index contributed by atoms with van der Waals surface area (Å²) in [4.78, 5) is 12.2. The predicted molar refractivity (Wildman–Crippen MR) is 134 cm³/mol. The van der Waals surface area contributed by atoms with Crippen LogP contribution in [0.2, 0.25) is 0 Å². The Morgan fingerprint density at radius 2 is 1.31 bits per heavy atom. The Labute approximate surface area is 204 Å². The highest BCUT2D eigenvalue weighted by Gasteiger charge is 2.09. The molecule has 7 heteroatoms. The molecule has 0 N–H and O–H groups in total. The molecule has 0 unspecified atom stereocenters. The van der Waals surface area contributed by atoms with E-state index in [2.05, 4.69) is 6.07 Å². The third-order valence-electron chi connectivity index (χ3n) is 5.04. The Kier molecular flexibility index (Phi) is 8.52. The van der Waals surface area contributed by atoms with Gasteiger partial charge >= 0.3 is 5.97 Å². The second-order valence-corrected chi connectivity index (χ2v) is 7.18. The van der Waals surface area contributed by atoms with Crippen LogP contribution in [0.15, 0.2) is 66.7 Å². The number of ether oxygens (including phenoxy) is 5. The number of rotatable bonds is 9. The lowest BCUT2D eigenvalue weighted by molar-refractivity contribution is -0.128. The van der Waals surface area contributed by atoms with E-state index in [1.165, 1.54) is 6.08 Å². The standard InChI is InChI=1S/C28H25NO6/c1-31-24-12-7-20(16-26(24)33-3)8-14-28(30)35-23-10-5-19(6-11-23)15-22(18-29)21-9-13-25(32-2)27(17-21)34-4/h5-17H,1-4H3/b14-8+,22-15-. The molecule has 0 amide bonds. The van der Waals surface area contributed by atoms with Crippen molar-refractivity contribution < 1.29 is 28.5 Å². The van der Waals surface area contributed by atoms with Crippen LogP contribution < -0.4 is 23.7 Å². The van der Waals surface area contributed by atoms with E-state index in [9.17, 15) is 10.1 Å². The van der Waals surface area contributed by atoms with Gasteiger partial charge in [-0.25, -0.2) is 4.79 Å². The molecule has 0 aliphatic carbocycles. The van der Waals surface area contributed by atoms with Gasteiger partial charge in [-0.2, -0.15) is 5.26 Å². The molecule has 0 aromatic heterocycles. The molecule has 0 atom stereocenters. The lowest BCUT2D eigenvalue weighted by Crippen LogP contribution is -2.03. The number of nitrogens with zero attached hydrogens (tertiary/aromatic N) is 1. The van der Waals surface area contributed by atoms with Crippen molar-refractivity contribution in [1.29, 1.82) is 5.26 Å². The number of nitriles is 1. The summed E-state index contributed by atoms with van der Waals surface area (Å²) >= 11 is 0. The predicted octanol–water partition coefficient (Wildman–Crippen LogP) is 5.40. The van der Waals surface area contributed by atoms with Crippen LogP contribution in [-0.4, -0.2) is 34.4 Å². The minimum Gasteiger partial charge on any atom is -0.493 e. The first-order chi connectivity index (χ1) is 17.0. The Morgan fingerprint density at radius 1 is 0.743 bits per heavy atom. The SMILES string of the molecule is COc1ccc(/C=C/C(=O)Oc2ccc(/C=C(/C#N)c3ccc(OC)c(OC)c3)cc2)cc1OC. The van der Waals surface area contributed by atoms with Gasteiger partial charge in [-0.05, 0) is 71.3 Å². The molecule has 0 fully saturated rings. The van der Waals surface area contributed by atoms with Crippen molar-refractivity contribution in [1.82, 2.24) is 0 Å². The van der Waals surface area contributed by atoms with Crippen LogP contribution in [0.3, 0.4) is 0 Å². The van der Waals surface area contributed by atoms with E-state index < -0.39 is 5.97 Å². The molecule has 3 rings (SSSR count). The number of hydrogen-bond acceptors (Lipinski definition) is 7. The van der Waals surface area contributed by atoms with Crippen molar-refractivity contribution in [3.05, 3.63) is 83.4 Å². The molecule has 3 aromatic carbocycles. The molecule has 0 heterocycles. The van der Waals surface area contributed by atoms with E-state index in [0.29, 0.717) is 39.9 Å². The van der Waals surface area contributed by atoms with E-state index in [1.54, 1.807) is 101 Å². The van der Waals surface area contributed by atoms with E-state index in [0.717, 1.165) is 11.1 Å². The molecule has 3 aromatic rings. The summed E-state index contributed by atoms with van der Waals surface area (Å²) in [5.74, 6) is 2.15. The van der Waals surface area contributed by atoms with Gasteiger partial charge in [-0.3, -0.25) is 0 Å². The molecule has 0 aliphatic heterocycles. The first-order valence-electron chi connectivity index (χ1n) is 10.6. The van der Waals surface area contributed by atoms with Crippen molar-refractivity contribution in [2.45, 2.75) is 0 Å². The number of hydrogen-bond donors (Lipinski definition) is 0. The Balaban J connectivity index is 1.69. The molecule has 0 bridgehead atoms. The van der Waals surface area contributed by atoms with Crippen LogP contribution >= 0.6 is 0 Å². The third-order valence-corrected chi connectivity index (χ3v) is 5.04. The van der Waals surface area contributed by atoms with Crippen molar-refractivity contribution in [3.63, 3.8) is 0 Å². The highest BCUT2D eigenvalue weighted by Crippen LogP contribution is 2.31. The quantitative estimate of drug-likeness (QED) is 0.136. The largest absolute Gasteiger partial charge is 0.493 e. The van der Waals surface area contributed by atoms with Crippen LogP contribution in [0, 0.1) is 11.3 Å². The summed E-state index contributed by atoms with van der Waals surface area (Å²) in [5.41, 5.74) is 2.69. The number of esters is 1. The average Bonchev–Trinajstić information content (AvgIpc) is 2.90. The van der Waals surface area contributed by atoms with E-state index in [-0.39, 0.29) is 0 Å². The number of allylic oxidation sites excluding steroid dienone is 1. The van der Waals surface area contributed by atoms with E-state index >= 15 is 0 Å². The summed E-state index contributed by atoms with van der Waals surface area (Å²) in [6, 6.07) is 19.7. The normalized spacial score (nSPS) is 11.0. The summed E-state index contributed by atoms with van der Waals surface area (Å²) in [6.07, 6.45) is 4.70. The fraction of sp³-hybridized carbons (Fsp3) is 0.143. The minimum absolute atomic E-state index is 0.383. The summed E-state index contributed by atoms with van der Waals surface area (Å²) < 4.78 is 26.4. The molecule has 0 saturated carbocycles. The highest BCUT2D eigenvalue weighted by atomic mass is 16.5. The Bertz CT molecular complexity index is 1290. The van der Waals surface area contributed by atoms with Gasteiger partial charge in [0.15, 0.2) is 23.0 Å². The molecule has 0 saturated heterocycles. The zero-order chi connectivity index (χ0) is 25.2. The van der Waals surface area contributed by atoms with Crippen LogP contribution in [0.4, 0.5) is 0 Å². The molecular formula is C28H25NO6. The van der Waals surface area contributed by atoms with Gasteiger partial charge < -0.3 is 23.7 Å². The Hall–Kier alpha value is -4.70. The zero-order valence-corrected chi connectivity index (χ0v) is 19.9. The van der Waals surface area contributed by atoms with Crippen molar-refractivity contribution in [2.75, 3.05) is 28.4 Å². The number of carbonyl (C=O) groups is 1. The number of methoxy groups -OCH3 is 4. The molecule has 35 heavy (non-hydrogen) atoms. The van der Waals surface area contributed by atoms with E-state index in [1.807, 2.05) is 0 Å². The van der Waals surface area contributed by atoms with Gasteiger partial charge in [-0.1, -0.05) is 18.2 Å². The van der Waals surface area contributed by atoms with Crippen molar-refractivity contribution >= 4 is 23.7 Å². The molecule has 7 nitrogen and oxygen atoms in total. The first kappa shape index (κ1) is 24.9. The van der Waals surface area contributed by atoms with Crippen LogP contribution in [0.25, 0.3) is 17.7 Å². The molecule has 0 spiro atoms. The van der Waals surface area contributed by atoms with Crippen molar-refractivity contribution in [3.8, 4) is 34.8 Å². The van der Waals surface area contributed by atoms with Gasteiger partial charge in [0.1, 0.15) is 5.75 Å². The maximum absolute atomic E-state index is 12.2. The fourth-order valence-electron chi connectivity index (χ4n) is 3.25. The van der Waals surface area contributed by atoms with Gasteiger partial charge in [0, 0.05) is 6.08 Å². The lowest BCUT2D eigenvalue weighted by atomic mass is 10.0. The Morgan fingerprint density at radius 3 is 1.91 bits per heavy atom. The monoisotopic (exact) mass is 471 g/mol. The topological polar surface area (TPSA) is 87.0 Å². The van der Waals surface area contributed by atoms with Gasteiger partial charge in [0.05, 0.1) is 40.1 Å². The first-order valence-corrected chi connectivity index (χ1v) is 10.6. The second-order valence-electron chi connectivity index (χ2n) is 7.18. The highest BCUT2D eigenvalue weighted by molar-refractivity contribution is 5.91. The molecular weight excluding hydrogens is 446 g/mol. The average molecular weight is 472 g/mol. The number of benzene rings is 3. The van der Waals surface area contributed by atoms with Crippen LogP contribution in [0.1, 0.15) is 16.7 Å². The van der Waals surface area contributed by atoms with Gasteiger partial charge in [0.2, 0.25) is 0 Å². The summed E-state index contributed by atoms with van der Waals surface area (Å²) in [7, 11) is 6.20. The fourth-order valence-corrected chi connectivity index (χ4v) is 3.25. The maximum Gasteiger partial charge on any atom is 0.336 e. The summed E-state index contributed by atoms with van der Waals surface area (Å²) in [6.45, 7) is 0. The third kappa shape index (κ3) is 6.42. The zero-order valence-electron chi connectivity index (χ0n) is 19.9. The van der Waals surface area contributed by atoms with Gasteiger partial charge in [-0.15, -0.1) is 0 Å². The van der Waals surface area contributed by atoms with Crippen LogP contribution in [0.5, 0.6) is 28.7 Å². The van der Waals surface area contributed by atoms with Crippen molar-refractivity contribution in [2.24, 2.45) is 0 Å². The second kappa shape index (κ2) is 12.0. The van der Waals surface area contributed by atoms with Gasteiger partial charge in [0.25, 0.3) is 0 Å². The summed E-state index contributed by atoms with van der Waals surface area (Å²) in [5, 5.41) is 9.64. The smallest absolute Gasteiger partial charge is 0.336 e. The lowest BCUT2D eigenvalue weighted by Gasteiger charge is -2.09. The van der Waals surface area contributed by atoms with Crippen LogP contribution in [-0.2, 0) is 4.79 Å².